The van der Waals surface area contributed by atoms with E-state index in [1.807, 2.05) is 0 Å². The number of hydrogen-bond donors (Lipinski definition) is 1. The predicted octanol–water partition coefficient (Wildman–Crippen LogP) is 4.37. The molecule has 3 nitrogen and oxygen atoms in total. The van der Waals surface area contributed by atoms with E-state index in [4.69, 9.17) is 28.5 Å². The second kappa shape index (κ2) is 4.92. The molecule has 0 saturated carbocycles. The third kappa shape index (κ3) is 2.52. The molecule has 1 aromatic carbocycles. The fourth-order valence-electron chi connectivity index (χ4n) is 1.30. The number of nitrogens with zero attached hydrogens (tertiary/aromatic N) is 2. The first-order chi connectivity index (χ1) is 8.11. The van der Waals surface area contributed by atoms with Crippen molar-refractivity contribution < 1.29 is 0 Å². The van der Waals surface area contributed by atoms with Gasteiger partial charge in [0.15, 0.2) is 0 Å². The zero-order chi connectivity index (χ0) is 12.4. The predicted molar refractivity (Wildman–Crippen MR) is 71.3 cm³/mol. The Morgan fingerprint density at radius 2 is 2.18 bits per heavy atom. The molecule has 0 amide bonds. The lowest BCUT2D eigenvalue weighted by Gasteiger charge is -2.06. The highest BCUT2D eigenvalue weighted by Gasteiger charge is 2.11. The summed E-state index contributed by atoms with van der Waals surface area (Å²) in [6, 6.07) is 7.22. The molecule has 0 saturated heterocycles. The van der Waals surface area contributed by atoms with Gasteiger partial charge in [0.25, 0.3) is 0 Å². The molecular weight excluding hydrogens is 277 g/mol. The van der Waals surface area contributed by atoms with E-state index in [1.54, 1.807) is 25.1 Å². The molecule has 6 heteroatoms. The molecule has 1 aromatic heterocycles. The Kier molecular flexibility index (Phi) is 3.53. The standard InChI is InChI=1S/C11H7Cl2N3S/c1-6-8(5-14)11(17-16-6)15-10-4-7(12)2-3-9(10)13/h2-4,15H,1H3. The Hall–Kier alpha value is -1.28. The fraction of sp³-hybridized carbons (Fsp3) is 0.0909. The van der Waals surface area contributed by atoms with Crippen LogP contribution in [0.5, 0.6) is 0 Å². The quantitative estimate of drug-likeness (QED) is 0.890. The summed E-state index contributed by atoms with van der Waals surface area (Å²) in [5, 5.41) is 13.9. The average molecular weight is 284 g/mol. The molecule has 86 valence electrons. The lowest BCUT2D eigenvalue weighted by molar-refractivity contribution is 1.31. The summed E-state index contributed by atoms with van der Waals surface area (Å²) in [7, 11) is 0. The number of halogens is 2. The van der Waals surface area contributed by atoms with Crippen molar-refractivity contribution in [3.63, 3.8) is 0 Å². The molecule has 0 unspecified atom stereocenters. The Morgan fingerprint density at radius 3 is 2.88 bits per heavy atom. The van der Waals surface area contributed by atoms with Crippen LogP contribution in [0.25, 0.3) is 0 Å². The molecule has 0 aliphatic carbocycles. The maximum atomic E-state index is 9.01. The zero-order valence-corrected chi connectivity index (χ0v) is 11.1. The van der Waals surface area contributed by atoms with Crippen LogP contribution in [0.4, 0.5) is 10.7 Å². The Bertz CT molecular complexity index is 601. The molecule has 0 aliphatic heterocycles. The Balaban J connectivity index is 2.38. The van der Waals surface area contributed by atoms with Crippen molar-refractivity contribution >= 4 is 45.4 Å². The summed E-state index contributed by atoms with van der Waals surface area (Å²) < 4.78 is 4.12. The Labute approximate surface area is 113 Å². The zero-order valence-electron chi connectivity index (χ0n) is 8.79. The molecule has 2 rings (SSSR count). The van der Waals surface area contributed by atoms with E-state index in [2.05, 4.69) is 15.8 Å². The summed E-state index contributed by atoms with van der Waals surface area (Å²) in [4.78, 5) is 0. The first-order valence-corrected chi connectivity index (χ1v) is 6.23. The lowest BCUT2D eigenvalue weighted by atomic mass is 10.2. The van der Waals surface area contributed by atoms with Gasteiger partial charge in [-0.2, -0.15) is 9.64 Å². The van der Waals surface area contributed by atoms with Crippen LogP contribution in [0.1, 0.15) is 11.3 Å². The van der Waals surface area contributed by atoms with Gasteiger partial charge < -0.3 is 5.32 Å². The van der Waals surface area contributed by atoms with Crippen molar-refractivity contribution in [2.24, 2.45) is 0 Å². The highest BCUT2D eigenvalue weighted by Crippen LogP contribution is 2.32. The number of aryl methyl sites for hydroxylation is 1. The first-order valence-electron chi connectivity index (χ1n) is 4.70. The largest absolute Gasteiger partial charge is 0.344 e. The first kappa shape index (κ1) is 12.2. The van der Waals surface area contributed by atoms with Gasteiger partial charge in [-0.15, -0.1) is 0 Å². The van der Waals surface area contributed by atoms with Crippen molar-refractivity contribution in [3.8, 4) is 6.07 Å². The molecule has 17 heavy (non-hydrogen) atoms. The number of aromatic nitrogens is 1. The van der Waals surface area contributed by atoms with Crippen LogP contribution in [0.15, 0.2) is 18.2 Å². The normalized spacial score (nSPS) is 10.0. The topological polar surface area (TPSA) is 48.7 Å². The van der Waals surface area contributed by atoms with E-state index >= 15 is 0 Å². The molecule has 0 fully saturated rings. The van der Waals surface area contributed by atoms with Crippen molar-refractivity contribution in [1.29, 1.82) is 5.26 Å². The summed E-state index contributed by atoms with van der Waals surface area (Å²) in [5.41, 5.74) is 1.91. The number of rotatable bonds is 2. The van der Waals surface area contributed by atoms with E-state index < -0.39 is 0 Å². The smallest absolute Gasteiger partial charge is 0.132 e. The molecule has 0 radical (unpaired) electrons. The van der Waals surface area contributed by atoms with Gasteiger partial charge >= 0.3 is 0 Å². The number of anilines is 2. The van der Waals surface area contributed by atoms with E-state index in [0.29, 0.717) is 32.0 Å². The van der Waals surface area contributed by atoms with Crippen LogP contribution < -0.4 is 5.32 Å². The second-order valence-corrected chi connectivity index (χ2v) is 4.95. The van der Waals surface area contributed by atoms with Gasteiger partial charge in [-0.3, -0.25) is 0 Å². The van der Waals surface area contributed by atoms with Crippen molar-refractivity contribution in [2.75, 3.05) is 5.32 Å². The van der Waals surface area contributed by atoms with Gasteiger partial charge in [-0.1, -0.05) is 23.2 Å². The highest BCUT2D eigenvalue weighted by molar-refractivity contribution is 7.10. The lowest BCUT2D eigenvalue weighted by Crippen LogP contribution is -1.91. The molecule has 0 spiro atoms. The molecule has 1 heterocycles. The minimum Gasteiger partial charge on any atom is -0.344 e. The summed E-state index contributed by atoms with van der Waals surface area (Å²) in [5.74, 6) is 0. The van der Waals surface area contributed by atoms with Crippen molar-refractivity contribution in [2.45, 2.75) is 6.92 Å². The third-order valence-electron chi connectivity index (χ3n) is 2.15. The van der Waals surface area contributed by atoms with Crippen LogP contribution in [-0.4, -0.2) is 4.37 Å². The number of benzene rings is 1. The summed E-state index contributed by atoms with van der Waals surface area (Å²) in [6.07, 6.45) is 0. The molecule has 0 aliphatic rings. The van der Waals surface area contributed by atoms with E-state index in [-0.39, 0.29) is 0 Å². The van der Waals surface area contributed by atoms with Gasteiger partial charge in [0.1, 0.15) is 16.6 Å². The molecule has 1 N–H and O–H groups in total. The van der Waals surface area contributed by atoms with Gasteiger partial charge in [0.05, 0.1) is 16.4 Å². The van der Waals surface area contributed by atoms with Crippen LogP contribution in [0, 0.1) is 18.3 Å². The van der Waals surface area contributed by atoms with Crippen LogP contribution >= 0.6 is 34.7 Å². The van der Waals surface area contributed by atoms with E-state index in [9.17, 15) is 0 Å². The second-order valence-electron chi connectivity index (χ2n) is 3.33. The monoisotopic (exact) mass is 283 g/mol. The third-order valence-corrected chi connectivity index (χ3v) is 3.57. The van der Waals surface area contributed by atoms with Crippen LogP contribution in [-0.2, 0) is 0 Å². The van der Waals surface area contributed by atoms with Crippen molar-refractivity contribution in [3.05, 3.63) is 39.5 Å². The SMILES string of the molecule is Cc1nsc(Nc2cc(Cl)ccc2Cl)c1C#N. The van der Waals surface area contributed by atoms with Gasteiger partial charge in [0, 0.05) is 5.02 Å². The summed E-state index contributed by atoms with van der Waals surface area (Å²) in [6.45, 7) is 1.79. The van der Waals surface area contributed by atoms with E-state index in [1.165, 1.54) is 11.5 Å². The summed E-state index contributed by atoms with van der Waals surface area (Å²) >= 11 is 13.1. The van der Waals surface area contributed by atoms with Crippen LogP contribution in [0.3, 0.4) is 0 Å². The molecular formula is C11H7Cl2N3S. The number of nitriles is 1. The maximum absolute atomic E-state index is 9.01. The maximum Gasteiger partial charge on any atom is 0.132 e. The van der Waals surface area contributed by atoms with Gasteiger partial charge in [-0.25, -0.2) is 0 Å². The highest BCUT2D eigenvalue weighted by atomic mass is 35.5. The minimum atomic E-state index is 0.533. The molecule has 0 bridgehead atoms. The fourth-order valence-corrected chi connectivity index (χ4v) is 2.40. The van der Waals surface area contributed by atoms with Gasteiger partial charge in [0.2, 0.25) is 0 Å². The minimum absolute atomic E-state index is 0.533. The van der Waals surface area contributed by atoms with Gasteiger partial charge in [-0.05, 0) is 36.7 Å². The van der Waals surface area contributed by atoms with E-state index in [0.717, 1.165) is 0 Å². The van der Waals surface area contributed by atoms with Crippen molar-refractivity contribution in [1.82, 2.24) is 4.37 Å². The number of hydrogen-bond acceptors (Lipinski definition) is 4. The Morgan fingerprint density at radius 1 is 1.41 bits per heavy atom. The van der Waals surface area contributed by atoms with Crippen LogP contribution in [0.2, 0.25) is 10.0 Å². The molecule has 0 atom stereocenters. The average Bonchev–Trinajstić information content (AvgIpc) is 2.64. The molecule has 2 aromatic rings. The number of nitrogens with one attached hydrogen (secondary N) is 1.